The van der Waals surface area contributed by atoms with Gasteiger partial charge in [-0.15, -0.1) is 5.10 Å². The molecule has 4 rings (SSSR count). The Morgan fingerprint density at radius 2 is 1.84 bits per heavy atom. The number of imidazole rings is 1. The first kappa shape index (κ1) is 21.7. The molecule has 166 valence electrons. The van der Waals surface area contributed by atoms with Gasteiger partial charge in [0.05, 0.1) is 18.4 Å². The Labute approximate surface area is 186 Å². The molecule has 9 heteroatoms. The predicted octanol–water partition coefficient (Wildman–Crippen LogP) is 3.55. The Morgan fingerprint density at radius 3 is 2.53 bits per heavy atom. The average molecular weight is 435 g/mol. The highest BCUT2D eigenvalue weighted by molar-refractivity contribution is 6.02. The molecule has 0 aliphatic rings. The van der Waals surface area contributed by atoms with Crippen molar-refractivity contribution in [3.8, 4) is 11.3 Å². The zero-order chi connectivity index (χ0) is 22.5. The van der Waals surface area contributed by atoms with Crippen LogP contribution in [0.15, 0.2) is 55.0 Å². The van der Waals surface area contributed by atoms with Crippen LogP contribution in [0.5, 0.6) is 0 Å². The molecule has 3 aromatic heterocycles. The summed E-state index contributed by atoms with van der Waals surface area (Å²) in [6.07, 6.45) is 5.12. The molecule has 32 heavy (non-hydrogen) atoms. The first-order chi connectivity index (χ1) is 15.6. The molecule has 0 spiro atoms. The topological polar surface area (TPSA) is 95.6 Å². The fourth-order valence-electron chi connectivity index (χ4n) is 3.38. The SMILES string of the molecule is CCOC(Cn1cc(C(=O)Nc2ccc(-c3cn4cccc(C)c4n3)cc2)nn1)OCC. The molecule has 0 saturated carbocycles. The normalized spacial score (nSPS) is 11.4. The zero-order valence-electron chi connectivity index (χ0n) is 18.4. The van der Waals surface area contributed by atoms with Gasteiger partial charge in [0.1, 0.15) is 5.65 Å². The minimum atomic E-state index is -0.432. The molecule has 0 radical (unpaired) electrons. The van der Waals surface area contributed by atoms with Crippen molar-refractivity contribution in [1.29, 1.82) is 0 Å². The highest BCUT2D eigenvalue weighted by Crippen LogP contribution is 2.22. The van der Waals surface area contributed by atoms with E-state index in [-0.39, 0.29) is 11.6 Å². The van der Waals surface area contributed by atoms with Crippen LogP contribution in [0, 0.1) is 6.92 Å². The maximum atomic E-state index is 12.6. The molecule has 0 aliphatic carbocycles. The van der Waals surface area contributed by atoms with Crippen molar-refractivity contribution < 1.29 is 14.3 Å². The molecular weight excluding hydrogens is 408 g/mol. The quantitative estimate of drug-likeness (QED) is 0.405. The Morgan fingerprint density at radius 1 is 1.09 bits per heavy atom. The number of fused-ring (bicyclic) bond motifs is 1. The van der Waals surface area contributed by atoms with E-state index in [1.165, 1.54) is 0 Å². The molecule has 3 heterocycles. The molecule has 0 bridgehead atoms. The summed E-state index contributed by atoms with van der Waals surface area (Å²) in [7, 11) is 0. The lowest BCUT2D eigenvalue weighted by Gasteiger charge is -2.16. The number of carbonyl (C=O) groups excluding carboxylic acids is 1. The highest BCUT2D eigenvalue weighted by atomic mass is 16.7. The van der Waals surface area contributed by atoms with Gasteiger partial charge >= 0.3 is 0 Å². The second-order valence-corrected chi connectivity index (χ2v) is 7.25. The van der Waals surface area contributed by atoms with Gasteiger partial charge in [0.15, 0.2) is 12.0 Å². The molecule has 0 unspecified atom stereocenters. The number of amides is 1. The van der Waals surface area contributed by atoms with E-state index in [0.717, 1.165) is 22.5 Å². The molecule has 0 atom stereocenters. The highest BCUT2D eigenvalue weighted by Gasteiger charge is 2.15. The fourth-order valence-corrected chi connectivity index (χ4v) is 3.38. The van der Waals surface area contributed by atoms with Crippen molar-refractivity contribution in [3.63, 3.8) is 0 Å². The van der Waals surface area contributed by atoms with Gasteiger partial charge in [-0.05, 0) is 44.5 Å². The smallest absolute Gasteiger partial charge is 0.277 e. The number of nitrogens with one attached hydrogen (secondary N) is 1. The van der Waals surface area contributed by atoms with Crippen molar-refractivity contribution >= 4 is 17.2 Å². The summed E-state index contributed by atoms with van der Waals surface area (Å²) in [6.45, 7) is 7.24. The molecule has 9 nitrogen and oxygen atoms in total. The first-order valence-electron chi connectivity index (χ1n) is 10.6. The van der Waals surface area contributed by atoms with Crippen LogP contribution in [0.1, 0.15) is 29.9 Å². The summed E-state index contributed by atoms with van der Waals surface area (Å²) in [5.74, 6) is -0.336. The number of aryl methyl sites for hydroxylation is 1. The van der Waals surface area contributed by atoms with Crippen LogP contribution >= 0.6 is 0 Å². The number of ether oxygens (including phenoxy) is 2. The third-order valence-corrected chi connectivity index (χ3v) is 4.93. The molecular formula is C23H26N6O3. The first-order valence-corrected chi connectivity index (χ1v) is 10.6. The standard InChI is InChI=1S/C23H26N6O3/c1-4-31-21(32-5-2)15-29-14-20(26-27-29)23(30)24-18-10-8-17(9-11-18)19-13-28-12-6-7-16(3)22(28)25-19/h6-14,21H,4-5,15H2,1-3H3,(H,24,30). The van der Waals surface area contributed by atoms with E-state index in [1.807, 2.05) is 74.0 Å². The van der Waals surface area contributed by atoms with Crippen molar-refractivity contribution in [3.05, 3.63) is 66.2 Å². The minimum absolute atomic E-state index is 0.219. The summed E-state index contributed by atoms with van der Waals surface area (Å²) in [5, 5.41) is 10.8. The Kier molecular flexibility index (Phi) is 6.58. The third kappa shape index (κ3) is 4.84. The van der Waals surface area contributed by atoms with E-state index in [2.05, 4.69) is 15.6 Å². The maximum Gasteiger partial charge on any atom is 0.277 e. The Balaban J connectivity index is 1.41. The second-order valence-electron chi connectivity index (χ2n) is 7.25. The van der Waals surface area contributed by atoms with E-state index >= 15 is 0 Å². The van der Waals surface area contributed by atoms with Crippen LogP contribution in [0.4, 0.5) is 5.69 Å². The van der Waals surface area contributed by atoms with Crippen molar-refractivity contribution in [2.75, 3.05) is 18.5 Å². The number of pyridine rings is 1. The zero-order valence-corrected chi connectivity index (χ0v) is 18.4. The predicted molar refractivity (Wildman–Crippen MR) is 120 cm³/mol. The number of anilines is 1. The van der Waals surface area contributed by atoms with E-state index < -0.39 is 6.29 Å². The lowest BCUT2D eigenvalue weighted by atomic mass is 10.1. The molecule has 4 aromatic rings. The van der Waals surface area contributed by atoms with Crippen molar-refractivity contribution in [2.45, 2.75) is 33.6 Å². The van der Waals surface area contributed by atoms with Crippen LogP contribution in [0.3, 0.4) is 0 Å². The Bertz CT molecular complexity index is 1190. The average Bonchev–Trinajstić information content (AvgIpc) is 3.43. The maximum absolute atomic E-state index is 12.6. The number of nitrogens with zero attached hydrogens (tertiary/aromatic N) is 5. The Hall–Kier alpha value is -3.56. The summed E-state index contributed by atoms with van der Waals surface area (Å²) >= 11 is 0. The van der Waals surface area contributed by atoms with Crippen molar-refractivity contribution in [1.82, 2.24) is 24.4 Å². The molecule has 0 saturated heterocycles. The van der Waals surface area contributed by atoms with Gasteiger partial charge in [-0.25, -0.2) is 9.67 Å². The van der Waals surface area contributed by atoms with Crippen LogP contribution in [-0.4, -0.2) is 49.8 Å². The summed E-state index contributed by atoms with van der Waals surface area (Å²) in [6, 6.07) is 11.6. The molecule has 1 aromatic carbocycles. The van der Waals surface area contributed by atoms with E-state index in [9.17, 15) is 4.79 Å². The third-order valence-electron chi connectivity index (χ3n) is 4.93. The van der Waals surface area contributed by atoms with Gasteiger partial charge < -0.3 is 19.2 Å². The van der Waals surface area contributed by atoms with Crippen LogP contribution in [-0.2, 0) is 16.0 Å². The van der Waals surface area contributed by atoms with Gasteiger partial charge in [-0.3, -0.25) is 4.79 Å². The molecule has 0 fully saturated rings. The fraction of sp³-hybridized carbons (Fsp3) is 0.304. The minimum Gasteiger partial charge on any atom is -0.351 e. The number of rotatable bonds is 9. The van der Waals surface area contributed by atoms with E-state index in [4.69, 9.17) is 14.5 Å². The number of benzene rings is 1. The summed E-state index contributed by atoms with van der Waals surface area (Å²) in [5.41, 5.74) is 4.77. The van der Waals surface area contributed by atoms with Gasteiger partial charge in [-0.1, -0.05) is 23.4 Å². The van der Waals surface area contributed by atoms with E-state index in [0.29, 0.717) is 25.4 Å². The second kappa shape index (κ2) is 9.71. The van der Waals surface area contributed by atoms with Crippen LogP contribution in [0.2, 0.25) is 0 Å². The lowest BCUT2D eigenvalue weighted by Crippen LogP contribution is -2.24. The molecule has 1 N–H and O–H groups in total. The van der Waals surface area contributed by atoms with Gasteiger partial charge in [-0.2, -0.15) is 0 Å². The lowest BCUT2D eigenvalue weighted by molar-refractivity contribution is -0.145. The summed E-state index contributed by atoms with van der Waals surface area (Å²) < 4.78 is 14.6. The summed E-state index contributed by atoms with van der Waals surface area (Å²) in [4.78, 5) is 17.3. The number of hydrogen-bond donors (Lipinski definition) is 1. The molecule has 0 aliphatic heterocycles. The largest absolute Gasteiger partial charge is 0.351 e. The van der Waals surface area contributed by atoms with Crippen LogP contribution < -0.4 is 5.32 Å². The monoisotopic (exact) mass is 434 g/mol. The van der Waals surface area contributed by atoms with Crippen LogP contribution in [0.25, 0.3) is 16.9 Å². The van der Waals surface area contributed by atoms with Gasteiger partial charge in [0, 0.05) is 36.9 Å². The van der Waals surface area contributed by atoms with Crippen molar-refractivity contribution in [2.24, 2.45) is 0 Å². The van der Waals surface area contributed by atoms with Gasteiger partial charge in [0.25, 0.3) is 5.91 Å². The van der Waals surface area contributed by atoms with E-state index in [1.54, 1.807) is 10.9 Å². The number of aromatic nitrogens is 5. The molecule has 1 amide bonds. The number of hydrogen-bond acceptors (Lipinski definition) is 6. The number of carbonyl (C=O) groups is 1. The van der Waals surface area contributed by atoms with Gasteiger partial charge in [0.2, 0.25) is 0 Å².